The lowest BCUT2D eigenvalue weighted by atomic mass is 10.1. The fourth-order valence-electron chi connectivity index (χ4n) is 1.43. The molecule has 0 unspecified atom stereocenters. The molecule has 0 radical (unpaired) electrons. The van der Waals surface area contributed by atoms with Crippen molar-refractivity contribution < 1.29 is 12.8 Å². The molecular formula is C13H18FN3O2S. The summed E-state index contributed by atoms with van der Waals surface area (Å²) in [6.45, 7) is 5.24. The Labute approximate surface area is 118 Å². The summed E-state index contributed by atoms with van der Waals surface area (Å²) in [5.41, 5.74) is 5.06. The van der Waals surface area contributed by atoms with Gasteiger partial charge in [-0.05, 0) is 39.0 Å². The molecule has 7 heteroatoms. The van der Waals surface area contributed by atoms with Crippen molar-refractivity contribution in [3.8, 4) is 11.8 Å². The predicted molar refractivity (Wildman–Crippen MR) is 77.8 cm³/mol. The lowest BCUT2D eigenvalue weighted by Crippen LogP contribution is -2.43. The Morgan fingerprint density at radius 2 is 2.00 bits per heavy atom. The maximum Gasteiger partial charge on any atom is 0.299 e. The molecule has 5 nitrogen and oxygen atoms in total. The van der Waals surface area contributed by atoms with Gasteiger partial charge in [0.2, 0.25) is 0 Å². The van der Waals surface area contributed by atoms with E-state index in [4.69, 9.17) is 5.73 Å². The highest BCUT2D eigenvalue weighted by Crippen LogP contribution is 2.17. The van der Waals surface area contributed by atoms with Crippen LogP contribution >= 0.6 is 0 Å². The van der Waals surface area contributed by atoms with E-state index < -0.39 is 21.6 Å². The summed E-state index contributed by atoms with van der Waals surface area (Å²) in [4.78, 5) is 0. The molecule has 0 saturated carbocycles. The first-order chi connectivity index (χ1) is 9.13. The topological polar surface area (TPSA) is 84.2 Å². The number of nitrogens with one attached hydrogen (secondary N) is 2. The lowest BCUT2D eigenvalue weighted by molar-refractivity contribution is 0.494. The minimum Gasteiger partial charge on any atom is -0.320 e. The number of rotatable bonds is 3. The largest absolute Gasteiger partial charge is 0.320 e. The zero-order valence-corrected chi connectivity index (χ0v) is 12.4. The van der Waals surface area contributed by atoms with Crippen molar-refractivity contribution in [3.63, 3.8) is 0 Å². The first kappa shape index (κ1) is 16.4. The van der Waals surface area contributed by atoms with Crippen LogP contribution in [0.3, 0.4) is 0 Å². The standard InChI is InChI=1S/C13H18FN3O2S/c1-13(2,3)17-20(18,19)16-12-7-6-11(14)9-10(12)5-4-8-15/h6-7,9,16-17H,8,15H2,1-3H3. The average molecular weight is 299 g/mol. The second-order valence-electron chi connectivity index (χ2n) is 5.15. The number of anilines is 1. The molecule has 0 spiro atoms. The van der Waals surface area contributed by atoms with Gasteiger partial charge < -0.3 is 5.73 Å². The van der Waals surface area contributed by atoms with Gasteiger partial charge in [0.25, 0.3) is 10.2 Å². The van der Waals surface area contributed by atoms with Gasteiger partial charge in [0, 0.05) is 5.54 Å². The summed E-state index contributed by atoms with van der Waals surface area (Å²) in [5, 5.41) is 0. The molecule has 0 heterocycles. The second kappa shape index (κ2) is 6.22. The third-order valence-corrected chi connectivity index (χ3v) is 3.36. The Hall–Kier alpha value is -1.62. The van der Waals surface area contributed by atoms with E-state index in [1.165, 1.54) is 6.07 Å². The van der Waals surface area contributed by atoms with Crippen molar-refractivity contribution in [1.82, 2.24) is 4.72 Å². The van der Waals surface area contributed by atoms with E-state index in [9.17, 15) is 12.8 Å². The molecule has 20 heavy (non-hydrogen) atoms. The summed E-state index contributed by atoms with van der Waals surface area (Å²) in [5.74, 6) is 4.69. The van der Waals surface area contributed by atoms with Crippen LogP contribution < -0.4 is 15.2 Å². The quantitative estimate of drug-likeness (QED) is 0.733. The smallest absolute Gasteiger partial charge is 0.299 e. The van der Waals surface area contributed by atoms with E-state index in [-0.39, 0.29) is 17.8 Å². The molecular weight excluding hydrogens is 281 g/mol. The Bertz CT molecular complexity index is 640. The van der Waals surface area contributed by atoms with E-state index in [1.807, 2.05) is 0 Å². The Morgan fingerprint density at radius 3 is 2.55 bits per heavy atom. The molecule has 0 atom stereocenters. The highest BCUT2D eigenvalue weighted by molar-refractivity contribution is 7.90. The number of benzene rings is 1. The van der Waals surface area contributed by atoms with Crippen LogP contribution in [0.5, 0.6) is 0 Å². The van der Waals surface area contributed by atoms with Crippen LogP contribution in [0.15, 0.2) is 18.2 Å². The van der Waals surface area contributed by atoms with Gasteiger partial charge in [0.1, 0.15) is 5.82 Å². The zero-order chi connectivity index (χ0) is 15.4. The van der Waals surface area contributed by atoms with E-state index >= 15 is 0 Å². The fraction of sp³-hybridized carbons (Fsp3) is 0.385. The lowest BCUT2D eigenvalue weighted by Gasteiger charge is -2.21. The minimum absolute atomic E-state index is 0.100. The van der Waals surface area contributed by atoms with Gasteiger partial charge in [0.05, 0.1) is 17.8 Å². The van der Waals surface area contributed by atoms with Crippen LogP contribution in [-0.4, -0.2) is 20.5 Å². The maximum absolute atomic E-state index is 13.2. The number of hydrogen-bond acceptors (Lipinski definition) is 3. The Kier molecular flexibility index (Phi) is 5.11. The number of hydrogen-bond donors (Lipinski definition) is 3. The molecule has 1 aromatic carbocycles. The van der Waals surface area contributed by atoms with Crippen LogP contribution in [-0.2, 0) is 10.2 Å². The molecule has 110 valence electrons. The molecule has 0 aliphatic rings. The SMILES string of the molecule is CC(C)(C)NS(=O)(=O)Nc1ccc(F)cc1C#CCN. The second-order valence-corrected chi connectivity index (χ2v) is 6.57. The fourth-order valence-corrected chi connectivity index (χ4v) is 2.75. The van der Waals surface area contributed by atoms with Gasteiger partial charge >= 0.3 is 0 Å². The molecule has 0 fully saturated rings. The van der Waals surface area contributed by atoms with Gasteiger partial charge in [-0.15, -0.1) is 0 Å². The molecule has 1 aromatic rings. The molecule has 1 rings (SSSR count). The highest BCUT2D eigenvalue weighted by atomic mass is 32.2. The van der Waals surface area contributed by atoms with Crippen molar-refractivity contribution in [3.05, 3.63) is 29.6 Å². The van der Waals surface area contributed by atoms with Gasteiger partial charge in [-0.2, -0.15) is 13.1 Å². The van der Waals surface area contributed by atoms with E-state index in [0.717, 1.165) is 12.1 Å². The number of halogens is 1. The van der Waals surface area contributed by atoms with Crippen LogP contribution in [0.1, 0.15) is 26.3 Å². The monoisotopic (exact) mass is 299 g/mol. The highest BCUT2D eigenvalue weighted by Gasteiger charge is 2.20. The van der Waals surface area contributed by atoms with Gasteiger partial charge in [-0.1, -0.05) is 11.8 Å². The Morgan fingerprint density at radius 1 is 1.35 bits per heavy atom. The van der Waals surface area contributed by atoms with Crippen molar-refractivity contribution >= 4 is 15.9 Å². The average Bonchev–Trinajstić information content (AvgIpc) is 2.26. The predicted octanol–water partition coefficient (Wildman–Crippen LogP) is 1.18. The van der Waals surface area contributed by atoms with E-state index in [0.29, 0.717) is 0 Å². The van der Waals surface area contributed by atoms with Crippen molar-refractivity contribution in [2.45, 2.75) is 26.3 Å². The van der Waals surface area contributed by atoms with Gasteiger partial charge in [-0.25, -0.2) is 4.39 Å². The molecule has 0 bridgehead atoms. The van der Waals surface area contributed by atoms with Crippen LogP contribution in [0.2, 0.25) is 0 Å². The van der Waals surface area contributed by atoms with Crippen molar-refractivity contribution in [1.29, 1.82) is 0 Å². The Balaban J connectivity index is 3.09. The first-order valence-electron chi connectivity index (χ1n) is 5.93. The zero-order valence-electron chi connectivity index (χ0n) is 11.6. The van der Waals surface area contributed by atoms with Crippen LogP contribution in [0.4, 0.5) is 10.1 Å². The van der Waals surface area contributed by atoms with Gasteiger partial charge in [-0.3, -0.25) is 4.72 Å². The first-order valence-corrected chi connectivity index (χ1v) is 7.41. The van der Waals surface area contributed by atoms with E-state index in [2.05, 4.69) is 21.3 Å². The summed E-state index contributed by atoms with van der Waals surface area (Å²) in [6.07, 6.45) is 0. The van der Waals surface area contributed by atoms with Crippen molar-refractivity contribution in [2.24, 2.45) is 5.73 Å². The van der Waals surface area contributed by atoms with Crippen LogP contribution in [0.25, 0.3) is 0 Å². The summed E-state index contributed by atoms with van der Waals surface area (Å²) in [7, 11) is -3.77. The molecule has 0 aliphatic heterocycles. The molecule has 0 amide bonds. The maximum atomic E-state index is 13.2. The normalized spacial score (nSPS) is 11.7. The third-order valence-electron chi connectivity index (χ3n) is 1.99. The summed E-state index contributed by atoms with van der Waals surface area (Å²) in [6, 6.07) is 3.62. The molecule has 0 aliphatic carbocycles. The summed E-state index contributed by atoms with van der Waals surface area (Å²) >= 11 is 0. The van der Waals surface area contributed by atoms with E-state index in [1.54, 1.807) is 20.8 Å². The molecule has 0 saturated heterocycles. The van der Waals surface area contributed by atoms with Gasteiger partial charge in [0.15, 0.2) is 0 Å². The number of nitrogens with two attached hydrogens (primary N) is 1. The van der Waals surface area contributed by atoms with Crippen molar-refractivity contribution in [2.75, 3.05) is 11.3 Å². The molecule has 4 N–H and O–H groups in total. The summed E-state index contributed by atoms with van der Waals surface area (Å²) < 4.78 is 41.8. The third kappa shape index (κ3) is 5.57. The molecule has 0 aromatic heterocycles. The minimum atomic E-state index is -3.77. The van der Waals surface area contributed by atoms with Crippen LogP contribution in [0, 0.1) is 17.7 Å².